The van der Waals surface area contributed by atoms with Crippen LogP contribution in [0.3, 0.4) is 0 Å². The van der Waals surface area contributed by atoms with Gasteiger partial charge in [0.25, 0.3) is 0 Å². The van der Waals surface area contributed by atoms with Crippen LogP contribution < -0.4 is 4.90 Å². The Labute approximate surface area is 110 Å². The summed E-state index contributed by atoms with van der Waals surface area (Å²) >= 11 is 3.41. The molecule has 2 nitrogen and oxygen atoms in total. The molecule has 2 rings (SSSR count). The van der Waals surface area contributed by atoms with Crippen LogP contribution in [0.4, 0.5) is 5.69 Å². The molecule has 86 valence electrons. The van der Waals surface area contributed by atoms with Crippen molar-refractivity contribution >= 4 is 21.6 Å². The molecule has 1 aliphatic carbocycles. The first-order chi connectivity index (χ1) is 8.24. The number of rotatable bonds is 4. The average molecular weight is 289 g/mol. The van der Waals surface area contributed by atoms with E-state index in [4.69, 9.17) is 11.7 Å². The summed E-state index contributed by atoms with van der Waals surface area (Å²) in [4.78, 5) is 2.20. The van der Waals surface area contributed by atoms with Crippen molar-refractivity contribution in [1.82, 2.24) is 0 Å². The lowest BCUT2D eigenvalue weighted by Gasteiger charge is -2.22. The number of nitrogens with zero attached hydrogens (tertiary/aromatic N) is 2. The van der Waals surface area contributed by atoms with Gasteiger partial charge in [0, 0.05) is 16.7 Å². The van der Waals surface area contributed by atoms with Crippen LogP contribution >= 0.6 is 15.9 Å². The minimum atomic E-state index is 0.620. The van der Waals surface area contributed by atoms with E-state index in [1.807, 2.05) is 18.2 Å². The predicted molar refractivity (Wildman–Crippen MR) is 72.6 cm³/mol. The lowest BCUT2D eigenvalue weighted by atomic mass is 10.2. The van der Waals surface area contributed by atoms with Gasteiger partial charge in [0.05, 0.1) is 12.1 Å². The van der Waals surface area contributed by atoms with E-state index in [0.29, 0.717) is 12.1 Å². The molecule has 0 spiro atoms. The number of anilines is 1. The fourth-order valence-electron chi connectivity index (χ4n) is 1.77. The smallest absolute Gasteiger partial charge is 0.100 e. The van der Waals surface area contributed by atoms with Crippen molar-refractivity contribution in [3.05, 3.63) is 28.2 Å². The van der Waals surface area contributed by atoms with Crippen LogP contribution in [0.1, 0.15) is 18.4 Å². The summed E-state index contributed by atoms with van der Waals surface area (Å²) in [6.45, 7) is 1.64. The van der Waals surface area contributed by atoms with Gasteiger partial charge in [0.15, 0.2) is 0 Å². The second kappa shape index (κ2) is 5.25. The molecule has 0 aliphatic heterocycles. The fraction of sp³-hybridized carbons (Fsp3) is 0.357. The number of nitriles is 1. The van der Waals surface area contributed by atoms with Crippen LogP contribution in [0, 0.1) is 29.6 Å². The highest BCUT2D eigenvalue weighted by Crippen LogP contribution is 2.32. The van der Waals surface area contributed by atoms with E-state index in [1.165, 1.54) is 12.8 Å². The van der Waals surface area contributed by atoms with Crippen LogP contribution in [-0.2, 0) is 0 Å². The maximum absolute atomic E-state index is 8.88. The zero-order chi connectivity index (χ0) is 12.3. The van der Waals surface area contributed by atoms with Crippen LogP contribution in [-0.4, -0.2) is 13.1 Å². The van der Waals surface area contributed by atoms with Crippen molar-refractivity contribution in [2.24, 2.45) is 5.92 Å². The van der Waals surface area contributed by atoms with Crippen LogP contribution in [0.25, 0.3) is 0 Å². The third kappa shape index (κ3) is 3.02. The molecule has 0 radical (unpaired) electrons. The zero-order valence-corrected chi connectivity index (χ0v) is 11.1. The molecule has 0 heterocycles. The SMILES string of the molecule is C#CCN(CC1CC1)c1ccc(C#N)c(Br)c1. The van der Waals surface area contributed by atoms with Crippen molar-refractivity contribution in [2.45, 2.75) is 12.8 Å². The average Bonchev–Trinajstić information content (AvgIpc) is 3.12. The van der Waals surface area contributed by atoms with Gasteiger partial charge >= 0.3 is 0 Å². The second-order valence-electron chi connectivity index (χ2n) is 4.30. The van der Waals surface area contributed by atoms with E-state index < -0.39 is 0 Å². The first kappa shape index (κ1) is 12.0. The van der Waals surface area contributed by atoms with E-state index in [9.17, 15) is 0 Å². The molecular weight excluding hydrogens is 276 g/mol. The van der Waals surface area contributed by atoms with Gasteiger partial charge in [0.1, 0.15) is 6.07 Å². The number of hydrogen-bond acceptors (Lipinski definition) is 2. The highest BCUT2D eigenvalue weighted by Gasteiger charge is 2.24. The first-order valence-electron chi connectivity index (χ1n) is 5.62. The summed E-state index contributed by atoms with van der Waals surface area (Å²) in [5.41, 5.74) is 1.74. The van der Waals surface area contributed by atoms with E-state index >= 15 is 0 Å². The fourth-order valence-corrected chi connectivity index (χ4v) is 2.23. The van der Waals surface area contributed by atoms with Crippen LogP contribution in [0.15, 0.2) is 22.7 Å². The van der Waals surface area contributed by atoms with Gasteiger partial charge in [-0.3, -0.25) is 0 Å². The number of benzene rings is 1. The van der Waals surface area contributed by atoms with Gasteiger partial charge in [0.2, 0.25) is 0 Å². The Morgan fingerprint density at radius 2 is 2.24 bits per heavy atom. The Balaban J connectivity index is 2.20. The van der Waals surface area contributed by atoms with Gasteiger partial charge in [-0.1, -0.05) is 5.92 Å². The molecular formula is C14H13BrN2. The highest BCUT2D eigenvalue weighted by molar-refractivity contribution is 9.10. The Hall–Kier alpha value is -1.45. The summed E-state index contributed by atoms with van der Waals surface area (Å²) in [7, 11) is 0. The van der Waals surface area contributed by atoms with E-state index in [1.54, 1.807) is 0 Å². The molecule has 0 amide bonds. The number of hydrogen-bond donors (Lipinski definition) is 0. The summed E-state index contributed by atoms with van der Waals surface area (Å²) in [6.07, 6.45) is 8.01. The molecule has 0 unspecified atom stereocenters. The molecule has 0 N–H and O–H groups in total. The predicted octanol–water partition coefficient (Wildman–Crippen LogP) is 3.17. The van der Waals surface area contributed by atoms with E-state index in [0.717, 1.165) is 22.6 Å². The van der Waals surface area contributed by atoms with E-state index in [-0.39, 0.29) is 0 Å². The molecule has 1 aromatic rings. The van der Waals surface area contributed by atoms with Gasteiger partial charge < -0.3 is 4.90 Å². The van der Waals surface area contributed by atoms with Crippen molar-refractivity contribution in [1.29, 1.82) is 5.26 Å². The molecule has 3 heteroatoms. The van der Waals surface area contributed by atoms with Crippen molar-refractivity contribution in [3.8, 4) is 18.4 Å². The summed E-state index contributed by atoms with van der Waals surface area (Å²) in [5, 5.41) is 8.88. The number of terminal acetylenes is 1. The quantitative estimate of drug-likeness (QED) is 0.796. The molecule has 1 aliphatic rings. The van der Waals surface area contributed by atoms with Crippen molar-refractivity contribution in [3.63, 3.8) is 0 Å². The maximum atomic E-state index is 8.88. The molecule has 17 heavy (non-hydrogen) atoms. The van der Waals surface area contributed by atoms with Gasteiger partial charge in [-0.05, 0) is 52.9 Å². The molecule has 0 bridgehead atoms. The minimum Gasteiger partial charge on any atom is -0.360 e. The molecule has 0 saturated heterocycles. The normalized spacial score (nSPS) is 13.8. The third-order valence-corrected chi connectivity index (χ3v) is 3.55. The number of halogens is 1. The molecule has 0 aromatic heterocycles. The molecule has 1 aromatic carbocycles. The Morgan fingerprint density at radius 1 is 1.47 bits per heavy atom. The largest absolute Gasteiger partial charge is 0.360 e. The Morgan fingerprint density at radius 3 is 2.76 bits per heavy atom. The van der Waals surface area contributed by atoms with Gasteiger partial charge in [-0.2, -0.15) is 5.26 Å². The van der Waals surface area contributed by atoms with Crippen LogP contribution in [0.5, 0.6) is 0 Å². The summed E-state index contributed by atoms with van der Waals surface area (Å²) in [5.74, 6) is 3.48. The summed E-state index contributed by atoms with van der Waals surface area (Å²) in [6, 6.07) is 7.90. The molecule has 0 atom stereocenters. The lowest BCUT2D eigenvalue weighted by Crippen LogP contribution is -2.25. The van der Waals surface area contributed by atoms with Gasteiger partial charge in [-0.25, -0.2) is 0 Å². The Bertz CT molecular complexity index is 492. The Kier molecular flexibility index (Phi) is 3.71. The topological polar surface area (TPSA) is 27.0 Å². The molecule has 1 saturated carbocycles. The minimum absolute atomic E-state index is 0.620. The third-order valence-electron chi connectivity index (χ3n) is 2.90. The highest BCUT2D eigenvalue weighted by atomic mass is 79.9. The van der Waals surface area contributed by atoms with Crippen molar-refractivity contribution in [2.75, 3.05) is 18.0 Å². The zero-order valence-electron chi connectivity index (χ0n) is 9.49. The molecule has 1 fully saturated rings. The van der Waals surface area contributed by atoms with Gasteiger partial charge in [-0.15, -0.1) is 6.42 Å². The van der Waals surface area contributed by atoms with Crippen molar-refractivity contribution < 1.29 is 0 Å². The summed E-state index contributed by atoms with van der Waals surface area (Å²) < 4.78 is 0.829. The monoisotopic (exact) mass is 288 g/mol. The lowest BCUT2D eigenvalue weighted by molar-refractivity contribution is 0.765. The standard InChI is InChI=1S/C14H13BrN2/c1-2-7-17(10-11-3-4-11)13-6-5-12(9-16)14(15)8-13/h1,5-6,8,11H,3-4,7,10H2. The van der Waals surface area contributed by atoms with Crippen LogP contribution in [0.2, 0.25) is 0 Å². The first-order valence-corrected chi connectivity index (χ1v) is 6.42. The maximum Gasteiger partial charge on any atom is 0.100 e. The second-order valence-corrected chi connectivity index (χ2v) is 5.16. The van der Waals surface area contributed by atoms with E-state index in [2.05, 4.69) is 32.8 Å².